The van der Waals surface area contributed by atoms with E-state index < -0.39 is 0 Å². The van der Waals surface area contributed by atoms with Gasteiger partial charge in [0.1, 0.15) is 6.54 Å². The van der Waals surface area contributed by atoms with Crippen LogP contribution in [-0.4, -0.2) is 58.2 Å². The third kappa shape index (κ3) is 5.94. The van der Waals surface area contributed by atoms with Crippen molar-refractivity contribution in [3.05, 3.63) is 18.0 Å². The second-order valence-electron chi connectivity index (χ2n) is 7.47. The first kappa shape index (κ1) is 21.7. The highest BCUT2D eigenvalue weighted by Crippen LogP contribution is 2.17. The fraction of sp³-hybridized carbons (Fsp3) is 0.737. The van der Waals surface area contributed by atoms with E-state index in [0.29, 0.717) is 11.6 Å². The van der Waals surface area contributed by atoms with E-state index in [-0.39, 0.29) is 36.8 Å². The van der Waals surface area contributed by atoms with E-state index in [1.54, 1.807) is 17.1 Å². The fourth-order valence-corrected chi connectivity index (χ4v) is 3.99. The molecule has 0 bridgehead atoms. The van der Waals surface area contributed by atoms with Crippen LogP contribution in [0.15, 0.2) is 12.4 Å². The Kier molecular flexibility index (Phi) is 8.57. The van der Waals surface area contributed by atoms with Gasteiger partial charge < -0.3 is 15.5 Å². The lowest BCUT2D eigenvalue weighted by Crippen LogP contribution is -2.42. The molecule has 2 N–H and O–H groups in total. The van der Waals surface area contributed by atoms with Crippen molar-refractivity contribution in [1.29, 1.82) is 0 Å². The molecule has 1 aliphatic heterocycles. The third-order valence-electron chi connectivity index (χ3n) is 5.36. The zero-order chi connectivity index (χ0) is 18.4. The van der Waals surface area contributed by atoms with Gasteiger partial charge in [-0.05, 0) is 32.2 Å². The van der Waals surface area contributed by atoms with Crippen LogP contribution >= 0.6 is 12.4 Å². The van der Waals surface area contributed by atoms with Crippen LogP contribution in [0, 0.1) is 0 Å². The molecule has 7 nitrogen and oxygen atoms in total. The summed E-state index contributed by atoms with van der Waals surface area (Å²) in [5, 5.41) is 10.6. The van der Waals surface area contributed by atoms with Gasteiger partial charge in [0.15, 0.2) is 0 Å². The number of carbonyl (C=O) groups is 2. The highest BCUT2D eigenvalue weighted by atomic mass is 35.5. The Morgan fingerprint density at radius 2 is 2.07 bits per heavy atom. The molecular weight excluding hydrogens is 366 g/mol. The van der Waals surface area contributed by atoms with E-state index in [9.17, 15) is 9.59 Å². The van der Waals surface area contributed by atoms with E-state index in [4.69, 9.17) is 0 Å². The third-order valence-corrected chi connectivity index (χ3v) is 5.36. The number of aromatic nitrogens is 2. The molecule has 2 fully saturated rings. The summed E-state index contributed by atoms with van der Waals surface area (Å²) < 4.78 is 1.57. The maximum Gasteiger partial charge on any atom is 0.257 e. The van der Waals surface area contributed by atoms with Gasteiger partial charge in [-0.25, -0.2) is 0 Å². The quantitative estimate of drug-likeness (QED) is 0.737. The van der Waals surface area contributed by atoms with Crippen molar-refractivity contribution < 1.29 is 9.59 Å². The Labute approximate surface area is 167 Å². The average molecular weight is 398 g/mol. The summed E-state index contributed by atoms with van der Waals surface area (Å²) >= 11 is 0. The molecule has 1 saturated carbocycles. The summed E-state index contributed by atoms with van der Waals surface area (Å²) in [6.07, 6.45) is 11.0. The number of nitrogens with zero attached hydrogens (tertiary/aromatic N) is 3. The Morgan fingerprint density at radius 1 is 1.30 bits per heavy atom. The minimum Gasteiger partial charge on any atom is -0.352 e. The van der Waals surface area contributed by atoms with Gasteiger partial charge in [-0.3, -0.25) is 14.3 Å². The van der Waals surface area contributed by atoms with Gasteiger partial charge in [0.05, 0.1) is 11.8 Å². The van der Waals surface area contributed by atoms with E-state index in [1.807, 2.05) is 4.90 Å². The highest BCUT2D eigenvalue weighted by Gasteiger charge is 2.27. The van der Waals surface area contributed by atoms with Gasteiger partial charge in [0.2, 0.25) is 5.91 Å². The van der Waals surface area contributed by atoms with Gasteiger partial charge in [0.25, 0.3) is 5.91 Å². The Hall–Kier alpha value is -1.60. The number of nitrogens with one attached hydrogen (secondary N) is 2. The van der Waals surface area contributed by atoms with Crippen molar-refractivity contribution in [3.8, 4) is 0 Å². The SMILES string of the molecule is CCCN(C(=O)c1cnn(CC(=O)NC2CCCCC2)c1)C1CCNC1.Cl. The number of rotatable bonds is 7. The molecule has 2 aliphatic rings. The molecule has 1 aromatic heterocycles. The largest absolute Gasteiger partial charge is 0.352 e. The standard InChI is InChI=1S/C19H31N5O2.ClH/c1-2-10-24(17-8-9-20-12-17)19(26)15-11-21-23(13-15)14-18(25)22-16-6-4-3-5-7-16;/h11,13,16-17,20H,2-10,12,14H2,1H3,(H,22,25);1H. The summed E-state index contributed by atoms with van der Waals surface area (Å²) in [6.45, 7) is 4.81. The predicted molar refractivity (Wildman–Crippen MR) is 107 cm³/mol. The summed E-state index contributed by atoms with van der Waals surface area (Å²) in [5.41, 5.74) is 0.566. The van der Waals surface area contributed by atoms with E-state index in [1.165, 1.54) is 19.3 Å². The summed E-state index contributed by atoms with van der Waals surface area (Å²) in [6, 6.07) is 0.545. The summed E-state index contributed by atoms with van der Waals surface area (Å²) in [5.74, 6) is -0.0103. The van der Waals surface area contributed by atoms with Gasteiger partial charge in [-0.15, -0.1) is 12.4 Å². The first-order valence-corrected chi connectivity index (χ1v) is 10.0. The zero-order valence-corrected chi connectivity index (χ0v) is 17.0. The normalized spacial score (nSPS) is 20.1. The first-order valence-electron chi connectivity index (χ1n) is 10.0. The van der Waals surface area contributed by atoms with Crippen molar-refractivity contribution in [2.24, 2.45) is 0 Å². The smallest absolute Gasteiger partial charge is 0.257 e. The van der Waals surface area contributed by atoms with Crippen LogP contribution in [0.25, 0.3) is 0 Å². The van der Waals surface area contributed by atoms with Crippen LogP contribution < -0.4 is 10.6 Å². The number of carbonyl (C=O) groups excluding carboxylic acids is 2. The van der Waals surface area contributed by atoms with Gasteiger partial charge in [0, 0.05) is 31.4 Å². The topological polar surface area (TPSA) is 79.3 Å². The van der Waals surface area contributed by atoms with Crippen molar-refractivity contribution in [1.82, 2.24) is 25.3 Å². The molecule has 2 heterocycles. The second-order valence-corrected chi connectivity index (χ2v) is 7.47. The van der Waals surface area contributed by atoms with Crippen LogP contribution in [0.3, 0.4) is 0 Å². The molecule has 1 aliphatic carbocycles. The Morgan fingerprint density at radius 3 is 2.74 bits per heavy atom. The highest BCUT2D eigenvalue weighted by molar-refractivity contribution is 5.94. The van der Waals surface area contributed by atoms with Gasteiger partial charge >= 0.3 is 0 Å². The van der Waals surface area contributed by atoms with Crippen molar-refractivity contribution >= 4 is 24.2 Å². The maximum atomic E-state index is 12.9. The van der Waals surface area contributed by atoms with Crippen molar-refractivity contribution in [2.75, 3.05) is 19.6 Å². The lowest BCUT2D eigenvalue weighted by atomic mass is 9.95. The predicted octanol–water partition coefficient (Wildman–Crippen LogP) is 1.97. The Bertz CT molecular complexity index is 609. The average Bonchev–Trinajstić information content (AvgIpc) is 3.32. The van der Waals surface area contributed by atoms with Crippen molar-refractivity contribution in [3.63, 3.8) is 0 Å². The molecule has 27 heavy (non-hydrogen) atoms. The van der Waals surface area contributed by atoms with E-state index in [0.717, 1.165) is 45.3 Å². The van der Waals surface area contributed by atoms with Gasteiger partial charge in [-0.2, -0.15) is 5.10 Å². The van der Waals surface area contributed by atoms with Crippen LogP contribution in [0.1, 0.15) is 62.2 Å². The monoisotopic (exact) mass is 397 g/mol. The first-order chi connectivity index (χ1) is 12.7. The number of halogens is 1. The molecule has 0 radical (unpaired) electrons. The molecule has 0 aromatic carbocycles. The second kappa shape index (κ2) is 10.7. The summed E-state index contributed by atoms with van der Waals surface area (Å²) in [7, 11) is 0. The number of amides is 2. The summed E-state index contributed by atoms with van der Waals surface area (Å²) in [4.78, 5) is 27.1. The molecular formula is C19H32ClN5O2. The molecule has 1 atom stereocenters. The van der Waals surface area contributed by atoms with Gasteiger partial charge in [-0.1, -0.05) is 26.2 Å². The van der Waals surface area contributed by atoms with Crippen LogP contribution in [0.5, 0.6) is 0 Å². The zero-order valence-electron chi connectivity index (χ0n) is 16.2. The van der Waals surface area contributed by atoms with Crippen LogP contribution in [0.2, 0.25) is 0 Å². The lowest BCUT2D eigenvalue weighted by Gasteiger charge is -2.27. The van der Waals surface area contributed by atoms with E-state index >= 15 is 0 Å². The minimum absolute atomic E-state index is 0. The maximum absolute atomic E-state index is 12.9. The minimum atomic E-state index is -0.0237. The Balaban J connectivity index is 0.00000261. The van der Waals surface area contributed by atoms with Crippen molar-refractivity contribution in [2.45, 2.75) is 70.5 Å². The molecule has 152 valence electrons. The molecule has 0 spiro atoms. The fourth-order valence-electron chi connectivity index (χ4n) is 3.99. The molecule has 1 saturated heterocycles. The molecule has 1 aromatic rings. The number of hydrogen-bond donors (Lipinski definition) is 2. The van der Waals surface area contributed by atoms with Crippen LogP contribution in [-0.2, 0) is 11.3 Å². The number of hydrogen-bond acceptors (Lipinski definition) is 4. The molecule has 1 unspecified atom stereocenters. The molecule has 2 amide bonds. The lowest BCUT2D eigenvalue weighted by molar-refractivity contribution is -0.122. The van der Waals surface area contributed by atoms with Crippen LogP contribution in [0.4, 0.5) is 0 Å². The van der Waals surface area contributed by atoms with E-state index in [2.05, 4.69) is 22.7 Å². The molecule has 8 heteroatoms. The molecule has 3 rings (SSSR count).